The normalized spacial score (nSPS) is 35.1. The molecule has 5 heteroatoms. The van der Waals surface area contributed by atoms with E-state index in [4.69, 9.17) is 10.5 Å². The zero-order chi connectivity index (χ0) is 9.41. The van der Waals surface area contributed by atoms with Crippen LogP contribution < -0.4 is 5.73 Å². The molecule has 4 nitrogen and oxygen atoms in total. The van der Waals surface area contributed by atoms with E-state index in [1.54, 1.807) is 0 Å². The third-order valence-corrected chi connectivity index (χ3v) is 3.81. The lowest BCUT2D eigenvalue weighted by atomic mass is 10.3. The van der Waals surface area contributed by atoms with Gasteiger partial charge < -0.3 is 10.5 Å². The SMILES string of the molecule is CCOCC1(N)CC1S(C)(=O)=O. The molecule has 72 valence electrons. The highest BCUT2D eigenvalue weighted by atomic mass is 32.2. The van der Waals surface area contributed by atoms with Gasteiger partial charge in [0.05, 0.1) is 17.4 Å². The molecule has 1 saturated carbocycles. The van der Waals surface area contributed by atoms with Gasteiger partial charge in [-0.3, -0.25) is 0 Å². The van der Waals surface area contributed by atoms with Gasteiger partial charge in [0.1, 0.15) is 0 Å². The van der Waals surface area contributed by atoms with Crippen molar-refractivity contribution in [1.82, 2.24) is 0 Å². The molecule has 2 unspecified atom stereocenters. The average molecular weight is 193 g/mol. The molecule has 0 radical (unpaired) electrons. The molecule has 1 fully saturated rings. The summed E-state index contributed by atoms with van der Waals surface area (Å²) in [5.74, 6) is 0. The first-order chi connectivity index (χ1) is 5.40. The number of sulfone groups is 1. The fraction of sp³-hybridized carbons (Fsp3) is 1.00. The lowest BCUT2D eigenvalue weighted by Crippen LogP contribution is -2.35. The zero-order valence-corrected chi connectivity index (χ0v) is 8.23. The van der Waals surface area contributed by atoms with E-state index in [1.165, 1.54) is 6.26 Å². The van der Waals surface area contributed by atoms with Gasteiger partial charge in [0.15, 0.2) is 9.84 Å². The molecule has 0 bridgehead atoms. The van der Waals surface area contributed by atoms with Crippen LogP contribution >= 0.6 is 0 Å². The summed E-state index contributed by atoms with van der Waals surface area (Å²) >= 11 is 0. The second kappa shape index (κ2) is 2.97. The summed E-state index contributed by atoms with van der Waals surface area (Å²) in [4.78, 5) is 0. The number of nitrogens with two attached hydrogens (primary N) is 1. The molecule has 0 spiro atoms. The molecule has 0 amide bonds. The molecule has 0 aromatic heterocycles. The molecule has 0 saturated heterocycles. The van der Waals surface area contributed by atoms with Crippen molar-refractivity contribution in [3.8, 4) is 0 Å². The number of hydrogen-bond donors (Lipinski definition) is 1. The van der Waals surface area contributed by atoms with Gasteiger partial charge >= 0.3 is 0 Å². The monoisotopic (exact) mass is 193 g/mol. The average Bonchev–Trinajstić information content (AvgIpc) is 2.59. The van der Waals surface area contributed by atoms with Gasteiger partial charge in [-0.1, -0.05) is 0 Å². The Hall–Kier alpha value is -0.130. The van der Waals surface area contributed by atoms with Gasteiger partial charge in [-0.05, 0) is 13.3 Å². The van der Waals surface area contributed by atoms with Gasteiger partial charge in [0.2, 0.25) is 0 Å². The number of hydrogen-bond acceptors (Lipinski definition) is 4. The maximum absolute atomic E-state index is 11.0. The van der Waals surface area contributed by atoms with Crippen LogP contribution in [-0.4, -0.2) is 38.7 Å². The Morgan fingerprint density at radius 1 is 1.67 bits per heavy atom. The summed E-state index contributed by atoms with van der Waals surface area (Å²) in [7, 11) is -2.97. The molecular weight excluding hydrogens is 178 g/mol. The van der Waals surface area contributed by atoms with Gasteiger partial charge in [0.25, 0.3) is 0 Å². The van der Waals surface area contributed by atoms with Crippen molar-refractivity contribution in [1.29, 1.82) is 0 Å². The molecule has 2 N–H and O–H groups in total. The first-order valence-electron chi connectivity index (χ1n) is 3.95. The lowest BCUT2D eigenvalue weighted by Gasteiger charge is -2.09. The molecule has 0 aliphatic heterocycles. The van der Waals surface area contributed by atoms with Gasteiger partial charge in [-0.2, -0.15) is 0 Å². The second-order valence-electron chi connectivity index (χ2n) is 3.39. The van der Waals surface area contributed by atoms with E-state index < -0.39 is 20.6 Å². The summed E-state index contributed by atoms with van der Waals surface area (Å²) < 4.78 is 27.2. The molecule has 1 aliphatic carbocycles. The molecule has 0 heterocycles. The van der Waals surface area contributed by atoms with Crippen LogP contribution in [-0.2, 0) is 14.6 Å². The largest absolute Gasteiger partial charge is 0.380 e. The minimum atomic E-state index is -2.97. The van der Waals surface area contributed by atoms with E-state index in [2.05, 4.69) is 0 Å². The van der Waals surface area contributed by atoms with Gasteiger partial charge in [-0.15, -0.1) is 0 Å². The first kappa shape index (κ1) is 9.95. The molecule has 0 aromatic carbocycles. The minimum absolute atomic E-state index is 0.348. The quantitative estimate of drug-likeness (QED) is 0.656. The van der Waals surface area contributed by atoms with Crippen molar-refractivity contribution in [2.45, 2.75) is 24.1 Å². The van der Waals surface area contributed by atoms with Crippen molar-refractivity contribution >= 4 is 9.84 Å². The molecule has 1 rings (SSSR count). The van der Waals surface area contributed by atoms with Crippen molar-refractivity contribution in [2.24, 2.45) is 5.73 Å². The van der Waals surface area contributed by atoms with Crippen LogP contribution in [0.5, 0.6) is 0 Å². The maximum atomic E-state index is 11.0. The van der Waals surface area contributed by atoms with Crippen LogP contribution in [0.25, 0.3) is 0 Å². The molecule has 0 aromatic rings. The van der Waals surface area contributed by atoms with E-state index in [-0.39, 0.29) is 0 Å². The van der Waals surface area contributed by atoms with Crippen LogP contribution in [0.15, 0.2) is 0 Å². The third kappa shape index (κ3) is 1.97. The molecule has 2 atom stereocenters. The first-order valence-corrected chi connectivity index (χ1v) is 5.91. The highest BCUT2D eigenvalue weighted by molar-refractivity contribution is 7.91. The Morgan fingerprint density at radius 2 is 2.25 bits per heavy atom. The zero-order valence-electron chi connectivity index (χ0n) is 7.41. The molecular formula is C7H15NO3S. The van der Waals surface area contributed by atoms with Crippen molar-refractivity contribution in [3.63, 3.8) is 0 Å². The van der Waals surface area contributed by atoms with E-state index in [0.29, 0.717) is 19.6 Å². The standard InChI is InChI=1S/C7H15NO3S/c1-3-11-5-7(8)4-6(7)12(2,9)10/h6H,3-5,8H2,1-2H3. The number of ether oxygens (including phenoxy) is 1. The fourth-order valence-corrected chi connectivity index (χ4v) is 2.84. The fourth-order valence-electron chi connectivity index (χ4n) is 1.31. The van der Waals surface area contributed by atoms with E-state index in [9.17, 15) is 8.42 Å². The van der Waals surface area contributed by atoms with Crippen LogP contribution in [0.3, 0.4) is 0 Å². The summed E-state index contributed by atoms with van der Waals surface area (Å²) in [6, 6.07) is 0. The molecule has 1 aliphatic rings. The van der Waals surface area contributed by atoms with Gasteiger partial charge in [-0.25, -0.2) is 8.42 Å². The summed E-state index contributed by atoms with van der Waals surface area (Å²) in [5.41, 5.74) is 5.15. The molecule has 12 heavy (non-hydrogen) atoms. The van der Waals surface area contributed by atoms with Crippen molar-refractivity contribution in [2.75, 3.05) is 19.5 Å². The van der Waals surface area contributed by atoms with E-state index in [0.717, 1.165) is 0 Å². The Labute approximate surface area is 73.0 Å². The Bertz CT molecular complexity index is 262. The Kier molecular flexibility index (Phi) is 2.47. The van der Waals surface area contributed by atoms with Gasteiger partial charge in [0, 0.05) is 12.9 Å². The topological polar surface area (TPSA) is 69.4 Å². The highest BCUT2D eigenvalue weighted by Crippen LogP contribution is 2.39. The van der Waals surface area contributed by atoms with Crippen LogP contribution in [0, 0.1) is 0 Å². The summed E-state index contributed by atoms with van der Waals surface area (Å²) in [6.07, 6.45) is 1.75. The van der Waals surface area contributed by atoms with E-state index in [1.807, 2.05) is 6.92 Å². The van der Waals surface area contributed by atoms with E-state index >= 15 is 0 Å². The maximum Gasteiger partial charge on any atom is 0.152 e. The Balaban J connectivity index is 2.49. The van der Waals surface area contributed by atoms with Crippen molar-refractivity contribution < 1.29 is 13.2 Å². The summed E-state index contributed by atoms with van der Waals surface area (Å²) in [5, 5.41) is -0.392. The smallest absolute Gasteiger partial charge is 0.152 e. The highest BCUT2D eigenvalue weighted by Gasteiger charge is 2.57. The Morgan fingerprint density at radius 3 is 2.58 bits per heavy atom. The van der Waals surface area contributed by atoms with Crippen LogP contribution in [0.4, 0.5) is 0 Å². The predicted molar refractivity (Wildman–Crippen MR) is 46.7 cm³/mol. The number of rotatable bonds is 4. The lowest BCUT2D eigenvalue weighted by molar-refractivity contribution is 0.127. The third-order valence-electron chi connectivity index (χ3n) is 2.14. The van der Waals surface area contributed by atoms with Crippen LogP contribution in [0.1, 0.15) is 13.3 Å². The van der Waals surface area contributed by atoms with Crippen LogP contribution in [0.2, 0.25) is 0 Å². The predicted octanol–water partition coefficient (Wildman–Crippen LogP) is -0.463. The summed E-state index contributed by atoms with van der Waals surface area (Å²) in [6.45, 7) is 2.79. The second-order valence-corrected chi connectivity index (χ2v) is 5.62. The van der Waals surface area contributed by atoms with Crippen molar-refractivity contribution in [3.05, 3.63) is 0 Å². The minimum Gasteiger partial charge on any atom is -0.380 e.